The Kier molecular flexibility index (Phi) is 8.47. The Morgan fingerprint density at radius 2 is 1.92 bits per heavy atom. The molecule has 1 aliphatic rings. The van der Waals surface area contributed by atoms with E-state index in [0.29, 0.717) is 41.8 Å². The third kappa shape index (κ3) is 7.12. The van der Waals surface area contributed by atoms with Crippen molar-refractivity contribution >= 4 is 11.8 Å². The van der Waals surface area contributed by atoms with Gasteiger partial charge in [-0.1, -0.05) is 26.0 Å². The van der Waals surface area contributed by atoms with Gasteiger partial charge < -0.3 is 15.4 Å². The number of amides is 2. The molecular formula is C27H35N7O3. The summed E-state index contributed by atoms with van der Waals surface area (Å²) in [5.41, 5.74) is 2.63. The summed E-state index contributed by atoms with van der Waals surface area (Å²) in [6.45, 7) is 6.70. The van der Waals surface area contributed by atoms with Crippen molar-refractivity contribution in [1.82, 2.24) is 35.8 Å². The Morgan fingerprint density at radius 3 is 2.65 bits per heavy atom. The van der Waals surface area contributed by atoms with Crippen LogP contribution in [0.3, 0.4) is 0 Å². The van der Waals surface area contributed by atoms with Crippen LogP contribution in [0.4, 0.5) is 0 Å². The van der Waals surface area contributed by atoms with Crippen molar-refractivity contribution in [3.8, 4) is 17.1 Å². The number of hydrogen-bond donors (Lipinski definition) is 2. The molecule has 37 heavy (non-hydrogen) atoms. The Morgan fingerprint density at radius 1 is 1.14 bits per heavy atom. The minimum atomic E-state index is -0.276. The molecule has 0 atom stereocenters. The number of aryl methyl sites for hydroxylation is 1. The monoisotopic (exact) mass is 505 g/mol. The van der Waals surface area contributed by atoms with Crippen molar-refractivity contribution in [3.05, 3.63) is 53.3 Å². The number of nitrogens with zero attached hydrogens (tertiary/aromatic N) is 5. The van der Waals surface area contributed by atoms with Gasteiger partial charge in [0.1, 0.15) is 11.4 Å². The van der Waals surface area contributed by atoms with Crippen LogP contribution in [0, 0.1) is 18.8 Å². The molecule has 0 spiro atoms. The van der Waals surface area contributed by atoms with Crippen molar-refractivity contribution in [1.29, 1.82) is 0 Å². The van der Waals surface area contributed by atoms with E-state index in [0.717, 1.165) is 37.0 Å². The second-order valence-corrected chi connectivity index (χ2v) is 9.97. The summed E-state index contributed by atoms with van der Waals surface area (Å²) in [6.07, 6.45) is 3.93. The van der Waals surface area contributed by atoms with Crippen molar-refractivity contribution in [2.24, 2.45) is 11.8 Å². The van der Waals surface area contributed by atoms with Gasteiger partial charge in [0.25, 0.3) is 5.91 Å². The number of tetrazole rings is 1. The molecule has 1 aromatic carbocycles. The molecule has 196 valence electrons. The van der Waals surface area contributed by atoms with E-state index in [1.54, 1.807) is 18.0 Å². The van der Waals surface area contributed by atoms with Gasteiger partial charge in [0, 0.05) is 29.8 Å². The fourth-order valence-electron chi connectivity index (χ4n) is 4.49. The molecule has 1 saturated carbocycles. The zero-order valence-corrected chi connectivity index (χ0v) is 21.9. The zero-order valence-electron chi connectivity index (χ0n) is 21.9. The third-order valence-electron chi connectivity index (χ3n) is 6.62. The van der Waals surface area contributed by atoms with Crippen LogP contribution >= 0.6 is 0 Å². The first kappa shape index (κ1) is 26.2. The number of pyridine rings is 1. The summed E-state index contributed by atoms with van der Waals surface area (Å²) in [6, 6.07) is 11.3. The average molecular weight is 506 g/mol. The molecule has 2 N–H and O–H groups in total. The van der Waals surface area contributed by atoms with E-state index < -0.39 is 0 Å². The number of benzene rings is 1. The van der Waals surface area contributed by atoms with E-state index in [9.17, 15) is 9.59 Å². The number of hydrogen-bond acceptors (Lipinski definition) is 7. The van der Waals surface area contributed by atoms with Crippen molar-refractivity contribution in [2.75, 3.05) is 7.11 Å². The van der Waals surface area contributed by atoms with Crippen molar-refractivity contribution in [3.63, 3.8) is 0 Å². The van der Waals surface area contributed by atoms with Gasteiger partial charge in [-0.2, -0.15) is 4.80 Å². The molecular weight excluding hydrogens is 470 g/mol. The number of rotatable bonds is 9. The van der Waals surface area contributed by atoms with Crippen LogP contribution in [0.5, 0.6) is 5.75 Å². The van der Waals surface area contributed by atoms with E-state index >= 15 is 0 Å². The minimum absolute atomic E-state index is 0.00637. The van der Waals surface area contributed by atoms with E-state index in [4.69, 9.17) is 4.74 Å². The molecule has 4 rings (SSSR count). The summed E-state index contributed by atoms with van der Waals surface area (Å²) in [7, 11) is 1.61. The first-order chi connectivity index (χ1) is 17.8. The first-order valence-corrected chi connectivity index (χ1v) is 12.8. The SMILES string of the molecule is COc1cccc(CNC(=O)c2cc(-c3nnn(CC4CCC(NC(=O)C(C)C)CC4)n3)cc(C)n2)c1. The molecule has 2 heterocycles. The van der Waals surface area contributed by atoms with Gasteiger partial charge >= 0.3 is 0 Å². The molecule has 2 amide bonds. The number of nitrogens with one attached hydrogen (secondary N) is 2. The second-order valence-electron chi connectivity index (χ2n) is 9.97. The summed E-state index contributed by atoms with van der Waals surface area (Å²) in [5.74, 6) is 1.49. The van der Waals surface area contributed by atoms with E-state index in [1.807, 2.05) is 51.1 Å². The van der Waals surface area contributed by atoms with Crippen molar-refractivity contribution in [2.45, 2.75) is 65.6 Å². The Hall–Kier alpha value is -3.82. The van der Waals surface area contributed by atoms with Crippen LogP contribution in [0.15, 0.2) is 36.4 Å². The molecule has 3 aromatic rings. The second kappa shape index (κ2) is 11.9. The molecule has 0 bridgehead atoms. The van der Waals surface area contributed by atoms with Gasteiger partial charge in [0.15, 0.2) is 0 Å². The van der Waals surface area contributed by atoms with Crippen LogP contribution in [-0.2, 0) is 17.9 Å². The predicted octanol–water partition coefficient (Wildman–Crippen LogP) is 3.31. The van der Waals surface area contributed by atoms with Gasteiger partial charge in [-0.05, 0) is 73.6 Å². The predicted molar refractivity (Wildman–Crippen MR) is 139 cm³/mol. The number of carbonyl (C=O) groups excluding carboxylic acids is 2. The highest BCUT2D eigenvalue weighted by Crippen LogP contribution is 2.26. The lowest BCUT2D eigenvalue weighted by Gasteiger charge is -2.29. The van der Waals surface area contributed by atoms with Gasteiger partial charge in [-0.25, -0.2) is 4.98 Å². The molecule has 0 saturated heterocycles. The third-order valence-corrected chi connectivity index (χ3v) is 6.62. The maximum absolute atomic E-state index is 12.8. The number of carbonyl (C=O) groups is 2. The highest BCUT2D eigenvalue weighted by Gasteiger charge is 2.24. The molecule has 0 unspecified atom stereocenters. The molecule has 10 nitrogen and oxygen atoms in total. The maximum atomic E-state index is 12.8. The normalized spacial score (nSPS) is 17.4. The number of methoxy groups -OCH3 is 1. The standard InChI is InChI=1S/C27H35N7O3/c1-17(2)26(35)30-22-10-8-19(9-11-22)16-34-32-25(31-33-34)21-12-18(3)29-24(14-21)27(36)28-15-20-6-5-7-23(13-20)37-4/h5-7,12-14,17,19,22H,8-11,15-16H2,1-4H3,(H,28,36)(H,30,35). The van der Waals surface area contributed by atoms with Crippen LogP contribution < -0.4 is 15.4 Å². The molecule has 10 heteroatoms. The Bertz CT molecular complexity index is 1230. The fraction of sp³-hybridized carbons (Fsp3) is 0.481. The molecule has 2 aromatic heterocycles. The quantitative estimate of drug-likeness (QED) is 0.457. The zero-order chi connectivity index (χ0) is 26.4. The van der Waals surface area contributed by atoms with Crippen LogP contribution in [0.2, 0.25) is 0 Å². The summed E-state index contributed by atoms with van der Waals surface area (Å²) in [4.78, 5) is 30.8. The van der Waals surface area contributed by atoms with Crippen LogP contribution in [0.1, 0.15) is 61.3 Å². The van der Waals surface area contributed by atoms with Gasteiger partial charge in [0.05, 0.1) is 13.7 Å². The van der Waals surface area contributed by atoms with Crippen LogP contribution in [0.25, 0.3) is 11.4 Å². The van der Waals surface area contributed by atoms with Gasteiger partial charge in [-0.3, -0.25) is 9.59 Å². The maximum Gasteiger partial charge on any atom is 0.270 e. The van der Waals surface area contributed by atoms with Gasteiger partial charge in [-0.15, -0.1) is 10.2 Å². The van der Waals surface area contributed by atoms with E-state index in [-0.39, 0.29) is 23.8 Å². The lowest BCUT2D eigenvalue weighted by molar-refractivity contribution is -0.125. The minimum Gasteiger partial charge on any atom is -0.497 e. The summed E-state index contributed by atoms with van der Waals surface area (Å²) >= 11 is 0. The highest BCUT2D eigenvalue weighted by molar-refractivity contribution is 5.93. The number of aromatic nitrogens is 5. The Balaban J connectivity index is 1.35. The summed E-state index contributed by atoms with van der Waals surface area (Å²) < 4.78 is 5.24. The first-order valence-electron chi connectivity index (χ1n) is 12.8. The van der Waals surface area contributed by atoms with E-state index in [1.165, 1.54) is 0 Å². The van der Waals surface area contributed by atoms with Gasteiger partial charge in [0.2, 0.25) is 11.7 Å². The average Bonchev–Trinajstić information content (AvgIpc) is 3.36. The topological polar surface area (TPSA) is 124 Å². The van der Waals surface area contributed by atoms with Crippen molar-refractivity contribution < 1.29 is 14.3 Å². The lowest BCUT2D eigenvalue weighted by Crippen LogP contribution is -2.40. The lowest BCUT2D eigenvalue weighted by atomic mass is 9.86. The Labute approximate surface area is 217 Å². The summed E-state index contributed by atoms with van der Waals surface area (Å²) in [5, 5.41) is 19.1. The molecule has 1 fully saturated rings. The molecule has 1 aliphatic carbocycles. The highest BCUT2D eigenvalue weighted by atomic mass is 16.5. The molecule has 0 radical (unpaired) electrons. The molecule has 0 aliphatic heterocycles. The largest absolute Gasteiger partial charge is 0.497 e. The fourth-order valence-corrected chi connectivity index (χ4v) is 4.49. The van der Waals surface area contributed by atoms with E-state index in [2.05, 4.69) is 31.0 Å². The number of ether oxygens (including phenoxy) is 1. The van der Waals surface area contributed by atoms with Crippen LogP contribution in [-0.4, -0.2) is 50.2 Å². The smallest absolute Gasteiger partial charge is 0.270 e.